The summed E-state index contributed by atoms with van der Waals surface area (Å²) in [6.07, 6.45) is 0. The van der Waals surface area contributed by atoms with E-state index in [1.165, 1.54) is 13.0 Å². The van der Waals surface area contributed by atoms with Gasteiger partial charge in [-0.3, -0.25) is 10.1 Å². The van der Waals surface area contributed by atoms with Crippen molar-refractivity contribution in [1.82, 2.24) is 9.97 Å². The van der Waals surface area contributed by atoms with E-state index in [9.17, 15) is 14.5 Å². The lowest BCUT2D eigenvalue weighted by Crippen LogP contribution is -2.01. The molecule has 9 heteroatoms. The van der Waals surface area contributed by atoms with Gasteiger partial charge in [0.15, 0.2) is 0 Å². The minimum absolute atomic E-state index is 0.0188. The van der Waals surface area contributed by atoms with Crippen molar-refractivity contribution < 1.29 is 14.1 Å². The monoisotopic (exact) mass is 317 g/mol. The highest BCUT2D eigenvalue weighted by atomic mass is 35.5. The molecule has 0 unspecified atom stereocenters. The molecule has 104 valence electrons. The van der Waals surface area contributed by atoms with Crippen molar-refractivity contribution in [3.63, 3.8) is 0 Å². The predicted molar refractivity (Wildman–Crippen MR) is 69.9 cm³/mol. The molecule has 0 aliphatic carbocycles. The van der Waals surface area contributed by atoms with Crippen molar-refractivity contribution >= 4 is 28.9 Å². The third kappa shape index (κ3) is 2.94. The van der Waals surface area contributed by atoms with Gasteiger partial charge in [0.25, 0.3) is 0 Å². The van der Waals surface area contributed by atoms with Gasteiger partial charge in [-0.25, -0.2) is 9.37 Å². The lowest BCUT2D eigenvalue weighted by Gasteiger charge is -2.08. The van der Waals surface area contributed by atoms with E-state index in [2.05, 4.69) is 9.97 Å². The molecule has 0 fully saturated rings. The number of hydrogen-bond donors (Lipinski definition) is 0. The number of benzene rings is 1. The van der Waals surface area contributed by atoms with E-state index in [1.807, 2.05) is 0 Å². The Morgan fingerprint density at radius 3 is 2.65 bits per heavy atom. The van der Waals surface area contributed by atoms with Gasteiger partial charge in [0.1, 0.15) is 17.3 Å². The normalized spacial score (nSPS) is 10.4. The molecular weight excluding hydrogens is 312 g/mol. The summed E-state index contributed by atoms with van der Waals surface area (Å²) in [5.41, 5.74) is -0.391. The Kier molecular flexibility index (Phi) is 4.01. The fourth-order valence-electron chi connectivity index (χ4n) is 1.45. The summed E-state index contributed by atoms with van der Waals surface area (Å²) in [6, 6.07) is 3.34. The summed E-state index contributed by atoms with van der Waals surface area (Å²) in [7, 11) is 0. The topological polar surface area (TPSA) is 78.2 Å². The van der Waals surface area contributed by atoms with Crippen LogP contribution >= 0.6 is 23.2 Å². The average Bonchev–Trinajstić information content (AvgIpc) is 2.31. The highest BCUT2D eigenvalue weighted by Crippen LogP contribution is 2.35. The smallest absolute Gasteiger partial charge is 0.352 e. The average molecular weight is 318 g/mol. The van der Waals surface area contributed by atoms with Crippen LogP contribution in [-0.2, 0) is 0 Å². The summed E-state index contributed by atoms with van der Waals surface area (Å²) in [5.74, 6) is -0.903. The maximum Gasteiger partial charge on any atom is 0.352 e. The molecule has 0 atom stereocenters. The van der Waals surface area contributed by atoms with Gasteiger partial charge in [-0.15, -0.1) is 0 Å². The third-order valence-corrected chi connectivity index (χ3v) is 2.75. The molecule has 1 aromatic carbocycles. The molecule has 0 amide bonds. The van der Waals surface area contributed by atoms with Crippen molar-refractivity contribution in [2.75, 3.05) is 0 Å². The van der Waals surface area contributed by atoms with Crippen LogP contribution in [-0.4, -0.2) is 14.9 Å². The largest absolute Gasteiger partial charge is 0.432 e. The van der Waals surface area contributed by atoms with Gasteiger partial charge in [0.2, 0.25) is 5.28 Å². The number of rotatable bonds is 3. The van der Waals surface area contributed by atoms with Crippen molar-refractivity contribution in [3.05, 3.63) is 50.1 Å². The number of hydrogen-bond acceptors (Lipinski definition) is 5. The zero-order valence-corrected chi connectivity index (χ0v) is 11.4. The highest BCUT2D eigenvalue weighted by molar-refractivity contribution is 6.32. The van der Waals surface area contributed by atoms with Crippen LogP contribution < -0.4 is 4.74 Å². The molecule has 1 aromatic heterocycles. The minimum Gasteiger partial charge on any atom is -0.432 e. The van der Waals surface area contributed by atoms with E-state index in [-0.39, 0.29) is 27.6 Å². The van der Waals surface area contributed by atoms with E-state index < -0.39 is 16.4 Å². The van der Waals surface area contributed by atoms with Crippen molar-refractivity contribution in [3.8, 4) is 11.6 Å². The SMILES string of the molecule is Cc1nc(Cl)nc(Oc2ccc(F)cc2Cl)c1[N+](=O)[O-]. The van der Waals surface area contributed by atoms with Gasteiger partial charge in [-0.05, 0) is 36.7 Å². The van der Waals surface area contributed by atoms with Crippen LogP contribution in [0.4, 0.5) is 10.1 Å². The number of nitrogens with zero attached hydrogens (tertiary/aromatic N) is 3. The zero-order chi connectivity index (χ0) is 14.9. The molecule has 0 aliphatic rings. The number of halogens is 3. The summed E-state index contributed by atoms with van der Waals surface area (Å²) >= 11 is 11.4. The number of aromatic nitrogens is 2. The molecule has 0 spiro atoms. The second kappa shape index (κ2) is 5.56. The van der Waals surface area contributed by atoms with Crippen molar-refractivity contribution in [2.45, 2.75) is 6.92 Å². The molecule has 6 nitrogen and oxygen atoms in total. The number of aryl methyl sites for hydroxylation is 1. The molecule has 2 aromatic rings. The molecular formula is C11H6Cl2FN3O3. The molecule has 0 radical (unpaired) electrons. The summed E-state index contributed by atoms with van der Waals surface area (Å²) < 4.78 is 18.2. The zero-order valence-electron chi connectivity index (χ0n) is 9.93. The van der Waals surface area contributed by atoms with E-state index in [1.54, 1.807) is 0 Å². The Bertz CT molecular complexity index is 697. The lowest BCUT2D eigenvalue weighted by atomic mass is 10.3. The van der Waals surface area contributed by atoms with E-state index in [4.69, 9.17) is 27.9 Å². The summed E-state index contributed by atoms with van der Waals surface area (Å²) in [5, 5.41) is 10.7. The van der Waals surface area contributed by atoms with Crippen molar-refractivity contribution in [1.29, 1.82) is 0 Å². The maximum absolute atomic E-state index is 12.9. The van der Waals surface area contributed by atoms with Crippen LogP contribution in [0, 0.1) is 22.9 Å². The Labute approximate surface area is 122 Å². The maximum atomic E-state index is 12.9. The van der Waals surface area contributed by atoms with E-state index in [0.29, 0.717) is 0 Å². The van der Waals surface area contributed by atoms with Gasteiger partial charge in [0, 0.05) is 0 Å². The Balaban J connectivity index is 2.50. The molecule has 0 saturated carbocycles. The number of nitro groups is 1. The standard InChI is InChI=1S/C11H6Cl2FN3O3/c1-5-9(17(18)19)10(16-11(13)15-5)20-8-3-2-6(14)4-7(8)12/h2-4H,1H3. The fourth-order valence-corrected chi connectivity index (χ4v) is 1.86. The van der Waals surface area contributed by atoms with Crippen molar-refractivity contribution in [2.24, 2.45) is 0 Å². The first-order valence-corrected chi connectivity index (χ1v) is 5.95. The summed E-state index contributed by atoms with van der Waals surface area (Å²) in [6.45, 7) is 1.39. The van der Waals surface area contributed by atoms with Crippen LogP contribution in [0.2, 0.25) is 10.3 Å². The van der Waals surface area contributed by atoms with Crippen LogP contribution in [0.5, 0.6) is 11.6 Å². The second-order valence-corrected chi connectivity index (χ2v) is 4.41. The highest BCUT2D eigenvalue weighted by Gasteiger charge is 2.24. The molecule has 2 rings (SSSR count). The van der Waals surface area contributed by atoms with E-state index >= 15 is 0 Å². The Hall–Kier alpha value is -1.99. The van der Waals surface area contributed by atoms with Gasteiger partial charge >= 0.3 is 11.6 Å². The lowest BCUT2D eigenvalue weighted by molar-refractivity contribution is -0.386. The van der Waals surface area contributed by atoms with Gasteiger partial charge in [0.05, 0.1) is 9.95 Å². The van der Waals surface area contributed by atoms with E-state index in [0.717, 1.165) is 12.1 Å². The Morgan fingerprint density at radius 1 is 1.35 bits per heavy atom. The predicted octanol–water partition coefficient (Wildman–Crippen LogP) is 3.93. The Morgan fingerprint density at radius 2 is 2.05 bits per heavy atom. The molecule has 0 aliphatic heterocycles. The van der Waals surface area contributed by atoms with Gasteiger partial charge in [-0.2, -0.15) is 4.98 Å². The fraction of sp³-hybridized carbons (Fsp3) is 0.0909. The van der Waals surface area contributed by atoms with Gasteiger partial charge < -0.3 is 4.74 Å². The molecule has 0 N–H and O–H groups in total. The van der Waals surface area contributed by atoms with Crippen LogP contribution in [0.25, 0.3) is 0 Å². The molecule has 20 heavy (non-hydrogen) atoms. The minimum atomic E-state index is -0.696. The second-order valence-electron chi connectivity index (χ2n) is 3.67. The molecule has 1 heterocycles. The first-order valence-electron chi connectivity index (χ1n) is 5.20. The molecule has 0 bridgehead atoms. The number of ether oxygens (including phenoxy) is 1. The molecule has 0 saturated heterocycles. The third-order valence-electron chi connectivity index (χ3n) is 2.28. The van der Waals surface area contributed by atoms with Crippen LogP contribution in [0.1, 0.15) is 5.69 Å². The summed E-state index contributed by atoms with van der Waals surface area (Å²) in [4.78, 5) is 17.6. The van der Waals surface area contributed by atoms with Crippen LogP contribution in [0.15, 0.2) is 18.2 Å². The van der Waals surface area contributed by atoms with Crippen LogP contribution in [0.3, 0.4) is 0 Å². The first kappa shape index (κ1) is 14.4. The first-order chi connectivity index (χ1) is 9.38. The van der Waals surface area contributed by atoms with Gasteiger partial charge in [-0.1, -0.05) is 11.6 Å². The quantitative estimate of drug-likeness (QED) is 0.487.